The highest BCUT2D eigenvalue weighted by molar-refractivity contribution is 9.10. The number of carbonyl (C=O) groups is 1. The standard InChI is InChI=1S/C10H11BrO3/c1-10(2,9(13)14)7-5-6(12)3-4-8(7)11/h3-5,12H,1-2H3,(H,13,14). The molecule has 14 heavy (non-hydrogen) atoms. The lowest BCUT2D eigenvalue weighted by atomic mass is 9.85. The molecule has 76 valence electrons. The number of rotatable bonds is 2. The molecule has 1 rings (SSSR count). The molecular formula is C10H11BrO3. The molecule has 0 aliphatic heterocycles. The molecular weight excluding hydrogens is 248 g/mol. The molecule has 0 amide bonds. The van der Waals surface area contributed by atoms with E-state index in [1.54, 1.807) is 19.9 Å². The van der Waals surface area contributed by atoms with Crippen LogP contribution in [0.2, 0.25) is 0 Å². The molecule has 0 radical (unpaired) electrons. The van der Waals surface area contributed by atoms with E-state index in [1.165, 1.54) is 12.1 Å². The fourth-order valence-electron chi connectivity index (χ4n) is 1.11. The molecule has 0 aliphatic carbocycles. The number of aliphatic carboxylic acids is 1. The molecule has 1 aromatic carbocycles. The third-order valence-corrected chi connectivity index (χ3v) is 2.85. The zero-order valence-electron chi connectivity index (χ0n) is 7.91. The molecule has 0 bridgehead atoms. The van der Waals surface area contributed by atoms with Crippen molar-refractivity contribution < 1.29 is 15.0 Å². The molecule has 0 atom stereocenters. The average molecular weight is 259 g/mol. The van der Waals surface area contributed by atoms with Crippen LogP contribution in [0.4, 0.5) is 0 Å². The monoisotopic (exact) mass is 258 g/mol. The van der Waals surface area contributed by atoms with E-state index in [9.17, 15) is 9.90 Å². The Morgan fingerprint density at radius 3 is 2.50 bits per heavy atom. The lowest BCUT2D eigenvalue weighted by molar-refractivity contribution is -0.142. The summed E-state index contributed by atoms with van der Waals surface area (Å²) in [5, 5.41) is 18.3. The predicted octanol–water partition coefficient (Wildman–Crippen LogP) is 2.52. The molecule has 0 fully saturated rings. The van der Waals surface area contributed by atoms with Crippen LogP contribution in [-0.4, -0.2) is 16.2 Å². The van der Waals surface area contributed by atoms with Gasteiger partial charge in [0.25, 0.3) is 0 Å². The number of carboxylic acid groups (broad SMARTS) is 1. The minimum Gasteiger partial charge on any atom is -0.508 e. The van der Waals surface area contributed by atoms with E-state index < -0.39 is 11.4 Å². The molecule has 0 spiro atoms. The Labute approximate surface area is 90.5 Å². The number of hydrogen-bond acceptors (Lipinski definition) is 2. The largest absolute Gasteiger partial charge is 0.508 e. The molecule has 0 saturated carbocycles. The first-order valence-corrected chi connectivity index (χ1v) is 4.87. The van der Waals surface area contributed by atoms with Gasteiger partial charge in [-0.1, -0.05) is 15.9 Å². The zero-order chi connectivity index (χ0) is 10.9. The normalized spacial score (nSPS) is 11.4. The highest BCUT2D eigenvalue weighted by Gasteiger charge is 2.31. The lowest BCUT2D eigenvalue weighted by Gasteiger charge is -2.21. The van der Waals surface area contributed by atoms with Crippen LogP contribution in [0, 0.1) is 0 Å². The summed E-state index contributed by atoms with van der Waals surface area (Å²) in [7, 11) is 0. The van der Waals surface area contributed by atoms with Gasteiger partial charge in [0.15, 0.2) is 0 Å². The number of phenols is 1. The van der Waals surface area contributed by atoms with E-state index in [4.69, 9.17) is 5.11 Å². The van der Waals surface area contributed by atoms with Gasteiger partial charge in [0.2, 0.25) is 0 Å². The third-order valence-electron chi connectivity index (χ3n) is 2.16. The van der Waals surface area contributed by atoms with Gasteiger partial charge in [-0.25, -0.2) is 0 Å². The van der Waals surface area contributed by atoms with E-state index in [2.05, 4.69) is 15.9 Å². The van der Waals surface area contributed by atoms with Crippen molar-refractivity contribution >= 4 is 21.9 Å². The van der Waals surface area contributed by atoms with E-state index in [1.807, 2.05) is 0 Å². The Hall–Kier alpha value is -1.03. The summed E-state index contributed by atoms with van der Waals surface area (Å²) in [6.45, 7) is 3.18. The predicted molar refractivity (Wildman–Crippen MR) is 56.5 cm³/mol. The highest BCUT2D eigenvalue weighted by atomic mass is 79.9. The van der Waals surface area contributed by atoms with Crippen molar-refractivity contribution in [2.45, 2.75) is 19.3 Å². The van der Waals surface area contributed by atoms with E-state index >= 15 is 0 Å². The van der Waals surface area contributed by atoms with Crippen LogP contribution in [0.5, 0.6) is 5.75 Å². The topological polar surface area (TPSA) is 57.5 Å². The van der Waals surface area contributed by atoms with Crippen LogP contribution in [-0.2, 0) is 10.2 Å². The number of hydrogen-bond donors (Lipinski definition) is 2. The fraction of sp³-hybridized carbons (Fsp3) is 0.300. The van der Waals surface area contributed by atoms with E-state index in [-0.39, 0.29) is 5.75 Å². The van der Waals surface area contributed by atoms with Gasteiger partial charge in [0, 0.05) is 4.47 Å². The minimum atomic E-state index is -1.02. The van der Waals surface area contributed by atoms with Gasteiger partial charge in [-0.3, -0.25) is 4.79 Å². The van der Waals surface area contributed by atoms with Gasteiger partial charge in [0.05, 0.1) is 5.41 Å². The van der Waals surface area contributed by atoms with Crippen LogP contribution in [0.15, 0.2) is 22.7 Å². The first kappa shape index (κ1) is 11.0. The molecule has 0 aliphatic rings. The molecule has 0 aromatic heterocycles. The average Bonchev–Trinajstić information content (AvgIpc) is 2.08. The van der Waals surface area contributed by atoms with Crippen LogP contribution in [0.1, 0.15) is 19.4 Å². The summed E-state index contributed by atoms with van der Waals surface area (Å²) in [6, 6.07) is 4.60. The summed E-state index contributed by atoms with van der Waals surface area (Å²) >= 11 is 3.26. The Morgan fingerprint density at radius 1 is 1.43 bits per heavy atom. The molecule has 4 heteroatoms. The Bertz CT molecular complexity index is 372. The van der Waals surface area contributed by atoms with Crippen LogP contribution < -0.4 is 0 Å². The molecule has 0 heterocycles. The van der Waals surface area contributed by atoms with Crippen molar-refractivity contribution in [3.63, 3.8) is 0 Å². The number of aromatic hydroxyl groups is 1. The minimum absolute atomic E-state index is 0.0672. The van der Waals surface area contributed by atoms with Gasteiger partial charge in [-0.15, -0.1) is 0 Å². The van der Waals surface area contributed by atoms with Crippen molar-refractivity contribution in [2.75, 3.05) is 0 Å². The molecule has 3 nitrogen and oxygen atoms in total. The smallest absolute Gasteiger partial charge is 0.313 e. The summed E-state index contributed by atoms with van der Waals surface area (Å²) in [5.74, 6) is -0.860. The first-order valence-electron chi connectivity index (χ1n) is 4.08. The van der Waals surface area contributed by atoms with Gasteiger partial charge in [0.1, 0.15) is 5.75 Å². The second kappa shape index (κ2) is 3.61. The number of phenolic OH excluding ortho intramolecular Hbond substituents is 1. The number of halogens is 1. The van der Waals surface area contributed by atoms with E-state index in [0.29, 0.717) is 10.0 Å². The van der Waals surface area contributed by atoms with Crippen molar-refractivity contribution in [3.05, 3.63) is 28.2 Å². The Morgan fingerprint density at radius 2 is 2.00 bits per heavy atom. The highest BCUT2D eigenvalue weighted by Crippen LogP contribution is 2.32. The van der Waals surface area contributed by atoms with Crippen molar-refractivity contribution in [1.29, 1.82) is 0 Å². The SMILES string of the molecule is CC(C)(C(=O)O)c1cc(O)ccc1Br. The van der Waals surface area contributed by atoms with Crippen LogP contribution >= 0.6 is 15.9 Å². The van der Waals surface area contributed by atoms with Crippen molar-refractivity contribution in [3.8, 4) is 5.75 Å². The summed E-state index contributed by atoms with van der Waals surface area (Å²) in [6.07, 6.45) is 0. The maximum absolute atomic E-state index is 11.0. The van der Waals surface area contributed by atoms with Crippen LogP contribution in [0.3, 0.4) is 0 Å². The maximum atomic E-state index is 11.0. The Kier molecular flexibility index (Phi) is 2.85. The summed E-state index contributed by atoms with van der Waals surface area (Å²) < 4.78 is 0.683. The van der Waals surface area contributed by atoms with Gasteiger partial charge < -0.3 is 10.2 Å². The zero-order valence-corrected chi connectivity index (χ0v) is 9.50. The maximum Gasteiger partial charge on any atom is 0.313 e. The van der Waals surface area contributed by atoms with Crippen molar-refractivity contribution in [2.24, 2.45) is 0 Å². The van der Waals surface area contributed by atoms with Gasteiger partial charge in [-0.05, 0) is 37.6 Å². The molecule has 0 saturated heterocycles. The molecule has 2 N–H and O–H groups in total. The quantitative estimate of drug-likeness (QED) is 0.857. The van der Waals surface area contributed by atoms with Crippen LogP contribution in [0.25, 0.3) is 0 Å². The second-order valence-corrected chi connectivity index (χ2v) is 4.45. The number of benzene rings is 1. The molecule has 0 unspecified atom stereocenters. The fourth-order valence-corrected chi connectivity index (χ4v) is 1.85. The third kappa shape index (κ3) is 1.90. The van der Waals surface area contributed by atoms with Gasteiger partial charge in [-0.2, -0.15) is 0 Å². The lowest BCUT2D eigenvalue weighted by Crippen LogP contribution is -2.28. The summed E-state index contributed by atoms with van der Waals surface area (Å²) in [5.41, 5.74) is -0.456. The van der Waals surface area contributed by atoms with Gasteiger partial charge >= 0.3 is 5.97 Å². The van der Waals surface area contributed by atoms with Crippen molar-refractivity contribution in [1.82, 2.24) is 0 Å². The first-order chi connectivity index (χ1) is 6.35. The molecule has 1 aromatic rings. The second-order valence-electron chi connectivity index (χ2n) is 3.59. The van der Waals surface area contributed by atoms with E-state index in [0.717, 1.165) is 0 Å². The number of carboxylic acids is 1. The Balaban J connectivity index is 3.31. The summed E-state index contributed by atoms with van der Waals surface area (Å²) in [4.78, 5) is 11.0.